The molecule has 0 fully saturated rings. The molecule has 1 aliphatic heterocycles. The molecule has 1 unspecified atom stereocenters. The molecule has 1 N–H and O–H groups in total. The van der Waals surface area contributed by atoms with E-state index in [1.807, 2.05) is 12.1 Å². The molecule has 5 heteroatoms. The van der Waals surface area contributed by atoms with E-state index in [0.717, 1.165) is 18.4 Å². The van der Waals surface area contributed by atoms with Crippen LogP contribution < -0.4 is 4.31 Å². The van der Waals surface area contributed by atoms with Crippen LogP contribution in [-0.2, 0) is 17.7 Å². The largest absolute Gasteiger partial charge is 0.289 e. The molecular formula is C8H10N2O2S. The summed E-state index contributed by atoms with van der Waals surface area (Å²) in [6, 6.07) is 3.80. The first-order valence-corrected chi connectivity index (χ1v) is 5.18. The van der Waals surface area contributed by atoms with Crippen LogP contribution in [0.2, 0.25) is 0 Å². The zero-order valence-corrected chi connectivity index (χ0v) is 7.83. The van der Waals surface area contributed by atoms with Gasteiger partial charge in [-0.1, -0.05) is 6.07 Å². The van der Waals surface area contributed by atoms with E-state index in [-0.39, 0.29) is 0 Å². The molecule has 0 amide bonds. The first-order chi connectivity index (χ1) is 6.29. The lowest BCUT2D eigenvalue weighted by atomic mass is 10.1. The number of hydrogen-bond donors (Lipinski definition) is 1. The molecule has 0 saturated carbocycles. The monoisotopic (exact) mass is 198 g/mol. The topological polar surface area (TPSA) is 53.4 Å². The number of aromatic nitrogens is 1. The molecule has 1 atom stereocenters. The second kappa shape index (κ2) is 3.43. The van der Waals surface area contributed by atoms with Crippen molar-refractivity contribution >= 4 is 17.1 Å². The molecule has 0 radical (unpaired) electrons. The Morgan fingerprint density at radius 1 is 1.62 bits per heavy atom. The lowest BCUT2D eigenvalue weighted by Gasteiger charge is -2.25. The minimum atomic E-state index is -1.94. The summed E-state index contributed by atoms with van der Waals surface area (Å²) in [6.07, 6.45) is 3.49. The van der Waals surface area contributed by atoms with E-state index in [2.05, 4.69) is 4.98 Å². The highest BCUT2D eigenvalue weighted by Crippen LogP contribution is 2.24. The zero-order chi connectivity index (χ0) is 9.26. The van der Waals surface area contributed by atoms with Crippen molar-refractivity contribution in [2.75, 3.05) is 10.8 Å². The Kier molecular flexibility index (Phi) is 2.28. The van der Waals surface area contributed by atoms with E-state index in [4.69, 9.17) is 4.55 Å². The van der Waals surface area contributed by atoms with Crippen molar-refractivity contribution in [3.8, 4) is 0 Å². The number of aryl methyl sites for hydroxylation is 1. The van der Waals surface area contributed by atoms with Crippen LogP contribution in [0.4, 0.5) is 5.82 Å². The lowest BCUT2D eigenvalue weighted by Crippen LogP contribution is -2.31. The average Bonchev–Trinajstić information content (AvgIpc) is 2.17. The molecule has 0 spiro atoms. The summed E-state index contributed by atoms with van der Waals surface area (Å²) in [5.41, 5.74) is 1.05. The van der Waals surface area contributed by atoms with Gasteiger partial charge in [0.05, 0.1) is 0 Å². The van der Waals surface area contributed by atoms with Gasteiger partial charge in [-0.2, -0.15) is 0 Å². The Bertz CT molecular complexity index is 343. The Morgan fingerprint density at radius 3 is 3.23 bits per heavy atom. The Labute approximate surface area is 79.0 Å². The Hall–Kier alpha value is -0.940. The second-order valence-corrected chi connectivity index (χ2v) is 3.82. The molecule has 0 aliphatic carbocycles. The number of fused-ring (bicyclic) bond motifs is 1. The maximum Gasteiger partial charge on any atom is 0.263 e. The quantitative estimate of drug-likeness (QED) is 0.684. The van der Waals surface area contributed by atoms with Crippen LogP contribution in [0.3, 0.4) is 0 Å². The Balaban J connectivity index is 2.42. The summed E-state index contributed by atoms with van der Waals surface area (Å²) < 4.78 is 21.3. The van der Waals surface area contributed by atoms with Crippen molar-refractivity contribution in [2.45, 2.75) is 12.8 Å². The molecule has 2 rings (SSSR count). The van der Waals surface area contributed by atoms with E-state index >= 15 is 0 Å². The first kappa shape index (κ1) is 8.65. The maximum atomic E-state index is 10.9. The van der Waals surface area contributed by atoms with E-state index in [9.17, 15) is 4.21 Å². The van der Waals surface area contributed by atoms with E-state index in [1.165, 1.54) is 4.31 Å². The van der Waals surface area contributed by atoms with Gasteiger partial charge in [-0.05, 0) is 24.5 Å². The minimum Gasteiger partial charge on any atom is -0.289 e. The third-order valence-electron chi connectivity index (χ3n) is 2.10. The van der Waals surface area contributed by atoms with Gasteiger partial charge >= 0.3 is 0 Å². The Morgan fingerprint density at radius 2 is 2.46 bits per heavy atom. The van der Waals surface area contributed by atoms with Crippen molar-refractivity contribution in [2.24, 2.45) is 0 Å². The summed E-state index contributed by atoms with van der Waals surface area (Å²) in [4.78, 5) is 4.09. The summed E-state index contributed by atoms with van der Waals surface area (Å²) in [5, 5.41) is 0. The fourth-order valence-corrected chi connectivity index (χ4v) is 2.12. The highest BCUT2D eigenvalue weighted by atomic mass is 32.2. The first-order valence-electron chi connectivity index (χ1n) is 4.11. The third-order valence-corrected chi connectivity index (χ3v) is 2.83. The standard InChI is InChI=1S/C8H10N2O2S/c11-13(12)10-6-2-4-7-3-1-5-9-8(7)10/h1,3,5H,2,4,6H2,(H,11,12). The molecule has 1 aromatic heterocycles. The van der Waals surface area contributed by atoms with Gasteiger partial charge in [-0.3, -0.25) is 8.86 Å². The fraction of sp³-hybridized carbons (Fsp3) is 0.375. The number of hydrogen-bond acceptors (Lipinski definition) is 2. The third kappa shape index (κ3) is 1.57. The SMILES string of the molecule is O=S(O)N1CCCc2cccnc21. The minimum absolute atomic E-state index is 0.604. The highest BCUT2D eigenvalue weighted by molar-refractivity contribution is 7.80. The predicted molar refractivity (Wildman–Crippen MR) is 50.7 cm³/mol. The van der Waals surface area contributed by atoms with Crippen molar-refractivity contribution in [3.63, 3.8) is 0 Å². The van der Waals surface area contributed by atoms with Gasteiger partial charge in [-0.15, -0.1) is 0 Å². The lowest BCUT2D eigenvalue weighted by molar-refractivity contribution is 0.554. The molecule has 13 heavy (non-hydrogen) atoms. The average molecular weight is 198 g/mol. The van der Waals surface area contributed by atoms with Gasteiger partial charge < -0.3 is 0 Å². The van der Waals surface area contributed by atoms with Gasteiger partial charge in [0.25, 0.3) is 11.3 Å². The van der Waals surface area contributed by atoms with Gasteiger partial charge in [-0.25, -0.2) is 9.19 Å². The summed E-state index contributed by atoms with van der Waals surface area (Å²) in [7, 11) is 0. The number of pyridine rings is 1. The van der Waals surface area contributed by atoms with Crippen molar-refractivity contribution in [3.05, 3.63) is 23.9 Å². The van der Waals surface area contributed by atoms with Crippen LogP contribution in [0.1, 0.15) is 12.0 Å². The van der Waals surface area contributed by atoms with Gasteiger partial charge in [0.1, 0.15) is 5.82 Å². The number of anilines is 1. The van der Waals surface area contributed by atoms with Gasteiger partial charge in [0.2, 0.25) is 0 Å². The predicted octanol–water partition coefficient (Wildman–Crippen LogP) is 0.971. The molecule has 1 aromatic rings. The zero-order valence-electron chi connectivity index (χ0n) is 7.01. The summed E-state index contributed by atoms with van der Waals surface area (Å²) in [6.45, 7) is 0.604. The van der Waals surface area contributed by atoms with Crippen LogP contribution >= 0.6 is 0 Å². The second-order valence-electron chi connectivity index (χ2n) is 2.92. The number of nitrogens with zero attached hydrogens (tertiary/aromatic N) is 2. The molecule has 1 aliphatic rings. The molecule has 2 heterocycles. The van der Waals surface area contributed by atoms with Crippen LogP contribution in [0.15, 0.2) is 18.3 Å². The van der Waals surface area contributed by atoms with Gasteiger partial charge in [0, 0.05) is 12.7 Å². The molecular weight excluding hydrogens is 188 g/mol. The van der Waals surface area contributed by atoms with Crippen LogP contribution in [0.5, 0.6) is 0 Å². The highest BCUT2D eigenvalue weighted by Gasteiger charge is 2.20. The van der Waals surface area contributed by atoms with Crippen LogP contribution in [0.25, 0.3) is 0 Å². The van der Waals surface area contributed by atoms with E-state index in [0.29, 0.717) is 12.4 Å². The van der Waals surface area contributed by atoms with E-state index in [1.54, 1.807) is 6.20 Å². The number of rotatable bonds is 1. The smallest absolute Gasteiger partial charge is 0.263 e. The fourth-order valence-electron chi connectivity index (χ4n) is 1.52. The van der Waals surface area contributed by atoms with Crippen molar-refractivity contribution in [1.29, 1.82) is 0 Å². The molecule has 4 nitrogen and oxygen atoms in total. The normalized spacial score (nSPS) is 18.1. The van der Waals surface area contributed by atoms with Gasteiger partial charge in [0.15, 0.2) is 0 Å². The van der Waals surface area contributed by atoms with E-state index < -0.39 is 11.3 Å². The van der Waals surface area contributed by atoms with Crippen LogP contribution in [-0.4, -0.2) is 20.3 Å². The summed E-state index contributed by atoms with van der Waals surface area (Å²) in [5.74, 6) is 0.648. The molecule has 0 bridgehead atoms. The van der Waals surface area contributed by atoms with Crippen LogP contribution in [0, 0.1) is 0 Å². The maximum absolute atomic E-state index is 10.9. The molecule has 70 valence electrons. The van der Waals surface area contributed by atoms with Crippen molar-refractivity contribution < 1.29 is 8.76 Å². The van der Waals surface area contributed by atoms with Crippen molar-refractivity contribution in [1.82, 2.24) is 4.98 Å². The summed E-state index contributed by atoms with van der Waals surface area (Å²) >= 11 is -1.94. The molecule has 0 saturated heterocycles. The molecule has 0 aromatic carbocycles.